The molecule has 2 heteroatoms. The number of ether oxygens (including phenoxy) is 1. The predicted molar refractivity (Wildman–Crippen MR) is 87.0 cm³/mol. The Balaban J connectivity index is 1.71. The van der Waals surface area contributed by atoms with Crippen molar-refractivity contribution >= 4 is 16.5 Å². The number of methoxy groups -OCH3 is 1. The first kappa shape index (κ1) is 12.3. The van der Waals surface area contributed by atoms with Crippen molar-refractivity contribution < 1.29 is 4.74 Å². The van der Waals surface area contributed by atoms with Gasteiger partial charge in [0.05, 0.1) is 13.2 Å². The average molecular weight is 275 g/mol. The first-order valence-electron chi connectivity index (χ1n) is 7.26. The molecule has 0 amide bonds. The van der Waals surface area contributed by atoms with Crippen LogP contribution in [-0.2, 0) is 6.42 Å². The molecule has 0 saturated carbocycles. The highest BCUT2D eigenvalue weighted by atomic mass is 16.5. The maximum absolute atomic E-state index is 5.47. The Hall–Kier alpha value is -2.48. The van der Waals surface area contributed by atoms with Crippen LogP contribution < -0.4 is 10.1 Å². The lowest BCUT2D eigenvalue weighted by Crippen LogP contribution is -2.05. The van der Waals surface area contributed by atoms with Crippen LogP contribution in [0.4, 0.5) is 5.69 Å². The molecular weight excluding hydrogens is 258 g/mol. The molecule has 0 radical (unpaired) electrons. The normalized spacial score (nSPS) is 16.5. The van der Waals surface area contributed by atoms with Crippen molar-refractivity contribution in [2.24, 2.45) is 0 Å². The van der Waals surface area contributed by atoms with E-state index in [0.717, 1.165) is 12.2 Å². The molecule has 3 aromatic carbocycles. The van der Waals surface area contributed by atoms with Gasteiger partial charge in [-0.2, -0.15) is 0 Å². The Morgan fingerprint density at radius 1 is 0.952 bits per heavy atom. The lowest BCUT2D eigenvalue weighted by atomic mass is 9.99. The fraction of sp³-hybridized carbons (Fsp3) is 0.158. The Kier molecular flexibility index (Phi) is 2.81. The topological polar surface area (TPSA) is 21.3 Å². The van der Waals surface area contributed by atoms with E-state index in [4.69, 9.17) is 4.74 Å². The molecular formula is C19H17NO. The van der Waals surface area contributed by atoms with Crippen LogP contribution in [0.25, 0.3) is 10.8 Å². The van der Waals surface area contributed by atoms with Crippen LogP contribution >= 0.6 is 0 Å². The number of hydrogen-bond acceptors (Lipinski definition) is 2. The summed E-state index contributed by atoms with van der Waals surface area (Å²) in [5.41, 5.74) is 3.79. The van der Waals surface area contributed by atoms with Crippen LogP contribution in [0, 0.1) is 0 Å². The van der Waals surface area contributed by atoms with Gasteiger partial charge in [0.25, 0.3) is 0 Å². The van der Waals surface area contributed by atoms with Crippen molar-refractivity contribution in [2.75, 3.05) is 12.4 Å². The van der Waals surface area contributed by atoms with E-state index in [9.17, 15) is 0 Å². The second-order valence-corrected chi connectivity index (χ2v) is 5.49. The molecule has 0 aromatic heterocycles. The summed E-state index contributed by atoms with van der Waals surface area (Å²) >= 11 is 0. The van der Waals surface area contributed by atoms with Crippen LogP contribution in [0.3, 0.4) is 0 Å². The van der Waals surface area contributed by atoms with E-state index >= 15 is 0 Å². The van der Waals surface area contributed by atoms with Crippen molar-refractivity contribution in [2.45, 2.75) is 12.5 Å². The number of nitrogens with one attached hydrogen (secondary N) is 1. The molecule has 1 unspecified atom stereocenters. The molecule has 1 N–H and O–H groups in total. The van der Waals surface area contributed by atoms with Gasteiger partial charge in [0.15, 0.2) is 0 Å². The number of rotatable bonds is 2. The molecule has 104 valence electrons. The zero-order valence-corrected chi connectivity index (χ0v) is 12.0. The molecule has 0 bridgehead atoms. The van der Waals surface area contributed by atoms with Gasteiger partial charge in [-0.25, -0.2) is 0 Å². The number of anilines is 1. The zero-order chi connectivity index (χ0) is 14.2. The monoisotopic (exact) mass is 275 g/mol. The van der Waals surface area contributed by atoms with Gasteiger partial charge < -0.3 is 10.1 Å². The van der Waals surface area contributed by atoms with Gasteiger partial charge in [-0.05, 0) is 34.5 Å². The Bertz CT molecular complexity index is 810. The standard InChI is InChI=1S/C19H17NO/c1-21-19-8-4-7-17-16(19)12-18(20-17)15-10-9-13-5-2-3-6-14(13)11-15/h2-11,18,20H,12H2,1H3. The lowest BCUT2D eigenvalue weighted by Gasteiger charge is -2.12. The third-order valence-electron chi connectivity index (χ3n) is 4.27. The van der Waals surface area contributed by atoms with Gasteiger partial charge in [0.1, 0.15) is 5.75 Å². The van der Waals surface area contributed by atoms with Gasteiger partial charge in [0.2, 0.25) is 0 Å². The zero-order valence-electron chi connectivity index (χ0n) is 12.0. The van der Waals surface area contributed by atoms with E-state index in [2.05, 4.69) is 53.8 Å². The summed E-state index contributed by atoms with van der Waals surface area (Å²) in [5, 5.41) is 6.19. The third-order valence-corrected chi connectivity index (χ3v) is 4.27. The molecule has 0 saturated heterocycles. The summed E-state index contributed by atoms with van der Waals surface area (Å²) in [6, 6.07) is 21.7. The molecule has 1 aliphatic heterocycles. The summed E-state index contributed by atoms with van der Waals surface area (Å²) in [7, 11) is 1.74. The molecule has 3 aromatic rings. The van der Waals surface area contributed by atoms with E-state index in [1.807, 2.05) is 12.1 Å². The second-order valence-electron chi connectivity index (χ2n) is 5.49. The first-order valence-corrected chi connectivity index (χ1v) is 7.26. The summed E-state index contributed by atoms with van der Waals surface area (Å²) in [5.74, 6) is 0.975. The highest BCUT2D eigenvalue weighted by Crippen LogP contribution is 2.39. The highest BCUT2D eigenvalue weighted by molar-refractivity contribution is 5.83. The fourth-order valence-corrected chi connectivity index (χ4v) is 3.17. The number of fused-ring (bicyclic) bond motifs is 2. The quantitative estimate of drug-likeness (QED) is 0.740. The molecule has 0 fully saturated rings. The summed E-state index contributed by atoms with van der Waals surface area (Å²) in [6.07, 6.45) is 0.970. The Morgan fingerprint density at radius 3 is 2.67 bits per heavy atom. The maximum Gasteiger partial charge on any atom is 0.124 e. The van der Waals surface area contributed by atoms with E-state index in [1.165, 1.54) is 27.6 Å². The van der Waals surface area contributed by atoms with Gasteiger partial charge in [0, 0.05) is 17.7 Å². The molecule has 0 aliphatic carbocycles. The maximum atomic E-state index is 5.47. The Labute approximate surface area is 124 Å². The minimum atomic E-state index is 0.320. The minimum absolute atomic E-state index is 0.320. The molecule has 1 atom stereocenters. The summed E-state index contributed by atoms with van der Waals surface area (Å²) < 4.78 is 5.47. The number of benzene rings is 3. The summed E-state index contributed by atoms with van der Waals surface area (Å²) in [6.45, 7) is 0. The molecule has 21 heavy (non-hydrogen) atoms. The van der Waals surface area contributed by atoms with Crippen LogP contribution in [-0.4, -0.2) is 7.11 Å². The molecule has 1 aliphatic rings. The van der Waals surface area contributed by atoms with E-state index in [1.54, 1.807) is 7.11 Å². The molecule has 4 rings (SSSR count). The van der Waals surface area contributed by atoms with E-state index < -0.39 is 0 Å². The fourth-order valence-electron chi connectivity index (χ4n) is 3.17. The molecule has 0 spiro atoms. The highest BCUT2D eigenvalue weighted by Gasteiger charge is 2.24. The van der Waals surface area contributed by atoms with Crippen molar-refractivity contribution in [1.82, 2.24) is 0 Å². The molecule has 2 nitrogen and oxygen atoms in total. The van der Waals surface area contributed by atoms with Crippen molar-refractivity contribution in [1.29, 1.82) is 0 Å². The smallest absolute Gasteiger partial charge is 0.124 e. The Morgan fingerprint density at radius 2 is 1.81 bits per heavy atom. The SMILES string of the molecule is COc1cccc2c1CC(c1ccc3ccccc3c1)N2. The van der Waals surface area contributed by atoms with Gasteiger partial charge >= 0.3 is 0 Å². The van der Waals surface area contributed by atoms with Gasteiger partial charge in [-0.15, -0.1) is 0 Å². The van der Waals surface area contributed by atoms with Crippen molar-refractivity contribution in [3.05, 3.63) is 71.8 Å². The third kappa shape index (κ3) is 2.04. The predicted octanol–water partition coefficient (Wildman–Crippen LogP) is 4.56. The van der Waals surface area contributed by atoms with E-state index in [0.29, 0.717) is 6.04 Å². The lowest BCUT2D eigenvalue weighted by molar-refractivity contribution is 0.410. The van der Waals surface area contributed by atoms with Crippen LogP contribution in [0.5, 0.6) is 5.75 Å². The first-order chi connectivity index (χ1) is 10.3. The average Bonchev–Trinajstić information content (AvgIpc) is 2.98. The largest absolute Gasteiger partial charge is 0.496 e. The minimum Gasteiger partial charge on any atom is -0.496 e. The van der Waals surface area contributed by atoms with Crippen molar-refractivity contribution in [3.8, 4) is 5.75 Å². The van der Waals surface area contributed by atoms with Crippen LogP contribution in [0.1, 0.15) is 17.2 Å². The molecule has 1 heterocycles. The van der Waals surface area contributed by atoms with Gasteiger partial charge in [-0.1, -0.05) is 42.5 Å². The van der Waals surface area contributed by atoms with Crippen LogP contribution in [0.2, 0.25) is 0 Å². The van der Waals surface area contributed by atoms with Crippen LogP contribution in [0.15, 0.2) is 60.7 Å². The van der Waals surface area contributed by atoms with Gasteiger partial charge in [-0.3, -0.25) is 0 Å². The number of hydrogen-bond donors (Lipinski definition) is 1. The summed E-state index contributed by atoms with van der Waals surface area (Å²) in [4.78, 5) is 0. The second kappa shape index (κ2) is 4.81. The van der Waals surface area contributed by atoms with E-state index in [-0.39, 0.29) is 0 Å². The van der Waals surface area contributed by atoms with Crippen molar-refractivity contribution in [3.63, 3.8) is 0 Å².